The SMILES string of the molecule is O=S(=O)(NCc1nc2cccnc2n1C1CCCC1)c1ccc(Cl)s1. The lowest BCUT2D eigenvalue weighted by atomic mass is 10.2. The summed E-state index contributed by atoms with van der Waals surface area (Å²) in [5, 5.41) is 0. The van der Waals surface area contributed by atoms with Crippen LogP contribution < -0.4 is 4.72 Å². The van der Waals surface area contributed by atoms with E-state index in [2.05, 4.69) is 19.3 Å². The number of aromatic nitrogens is 3. The first-order valence-electron chi connectivity index (χ1n) is 8.11. The van der Waals surface area contributed by atoms with Crippen molar-refractivity contribution in [3.63, 3.8) is 0 Å². The van der Waals surface area contributed by atoms with Crippen molar-refractivity contribution in [3.05, 3.63) is 40.6 Å². The van der Waals surface area contributed by atoms with Crippen LogP contribution >= 0.6 is 22.9 Å². The smallest absolute Gasteiger partial charge is 0.250 e. The van der Waals surface area contributed by atoms with Crippen LogP contribution in [0.3, 0.4) is 0 Å². The van der Waals surface area contributed by atoms with Gasteiger partial charge in [0.15, 0.2) is 5.65 Å². The molecule has 0 aliphatic heterocycles. The summed E-state index contributed by atoms with van der Waals surface area (Å²) in [5.74, 6) is 0.701. The third kappa shape index (κ3) is 3.31. The summed E-state index contributed by atoms with van der Waals surface area (Å²) in [7, 11) is -3.61. The van der Waals surface area contributed by atoms with Crippen molar-refractivity contribution in [3.8, 4) is 0 Å². The average molecular weight is 397 g/mol. The van der Waals surface area contributed by atoms with E-state index in [-0.39, 0.29) is 10.8 Å². The Morgan fingerprint density at radius 2 is 2.08 bits per heavy atom. The number of rotatable bonds is 5. The van der Waals surface area contributed by atoms with E-state index in [1.165, 1.54) is 18.9 Å². The molecule has 4 rings (SSSR count). The Labute approximate surface area is 154 Å². The first kappa shape index (κ1) is 17.0. The minimum Gasteiger partial charge on any atom is -0.308 e. The van der Waals surface area contributed by atoms with Gasteiger partial charge in [0.2, 0.25) is 0 Å². The summed E-state index contributed by atoms with van der Waals surface area (Å²) < 4.78 is 30.3. The van der Waals surface area contributed by atoms with E-state index in [1.54, 1.807) is 12.3 Å². The van der Waals surface area contributed by atoms with E-state index in [4.69, 9.17) is 11.6 Å². The van der Waals surface area contributed by atoms with Crippen LogP contribution in [0.25, 0.3) is 11.2 Å². The second kappa shape index (κ2) is 6.68. The third-order valence-corrected chi connectivity index (χ3v) is 7.57. The molecule has 1 N–H and O–H groups in total. The minimum absolute atomic E-state index is 0.130. The maximum absolute atomic E-state index is 12.5. The normalized spacial score (nSPS) is 16.0. The van der Waals surface area contributed by atoms with Crippen LogP contribution in [-0.4, -0.2) is 23.0 Å². The van der Waals surface area contributed by atoms with Crippen molar-refractivity contribution in [2.24, 2.45) is 0 Å². The van der Waals surface area contributed by atoms with Gasteiger partial charge in [-0.15, -0.1) is 11.3 Å². The van der Waals surface area contributed by atoms with Crippen molar-refractivity contribution in [1.29, 1.82) is 0 Å². The second-order valence-corrected chi connectivity index (χ2v) is 9.77. The van der Waals surface area contributed by atoms with E-state index < -0.39 is 10.0 Å². The van der Waals surface area contributed by atoms with Crippen LogP contribution in [0.1, 0.15) is 37.5 Å². The molecule has 0 aromatic carbocycles. The number of fused-ring (bicyclic) bond motifs is 1. The highest BCUT2D eigenvalue weighted by Gasteiger charge is 2.24. The molecule has 3 aromatic heterocycles. The number of hydrogen-bond donors (Lipinski definition) is 1. The van der Waals surface area contributed by atoms with Gasteiger partial charge in [-0.05, 0) is 37.1 Å². The molecule has 9 heteroatoms. The molecule has 0 bridgehead atoms. The predicted molar refractivity (Wildman–Crippen MR) is 98.4 cm³/mol. The van der Waals surface area contributed by atoms with Gasteiger partial charge in [-0.3, -0.25) is 0 Å². The number of imidazole rings is 1. The van der Waals surface area contributed by atoms with Gasteiger partial charge >= 0.3 is 0 Å². The van der Waals surface area contributed by atoms with Crippen molar-refractivity contribution in [2.75, 3.05) is 0 Å². The van der Waals surface area contributed by atoms with Crippen LogP contribution in [0.4, 0.5) is 0 Å². The number of sulfonamides is 1. The van der Waals surface area contributed by atoms with Crippen LogP contribution in [0.2, 0.25) is 4.34 Å². The van der Waals surface area contributed by atoms with E-state index in [1.807, 2.05) is 12.1 Å². The molecule has 0 amide bonds. The quantitative estimate of drug-likeness (QED) is 0.712. The molecule has 1 aliphatic rings. The van der Waals surface area contributed by atoms with Crippen molar-refractivity contribution < 1.29 is 8.42 Å². The first-order valence-corrected chi connectivity index (χ1v) is 10.8. The highest BCUT2D eigenvalue weighted by atomic mass is 35.5. The summed E-state index contributed by atoms with van der Waals surface area (Å²) in [4.78, 5) is 9.07. The third-order valence-electron chi connectivity index (χ3n) is 4.45. The fraction of sp³-hybridized carbons (Fsp3) is 0.375. The van der Waals surface area contributed by atoms with Gasteiger partial charge in [-0.25, -0.2) is 23.1 Å². The highest BCUT2D eigenvalue weighted by Crippen LogP contribution is 2.33. The molecule has 132 valence electrons. The summed E-state index contributed by atoms with van der Waals surface area (Å²) >= 11 is 6.89. The Morgan fingerprint density at radius 1 is 1.28 bits per heavy atom. The zero-order chi connectivity index (χ0) is 17.4. The van der Waals surface area contributed by atoms with E-state index in [9.17, 15) is 8.42 Å². The molecule has 6 nitrogen and oxygen atoms in total. The standard InChI is InChI=1S/C16H17ClN4O2S2/c17-13-7-8-15(24-13)25(22,23)19-10-14-20-12-6-3-9-18-16(12)21(14)11-4-1-2-5-11/h3,6-9,11,19H,1-2,4-5,10H2. The number of halogens is 1. The van der Waals surface area contributed by atoms with Crippen molar-refractivity contribution in [2.45, 2.75) is 42.5 Å². The molecular formula is C16H17ClN4O2S2. The number of thiophene rings is 1. The van der Waals surface area contributed by atoms with E-state index in [0.717, 1.165) is 35.3 Å². The summed E-state index contributed by atoms with van der Waals surface area (Å²) in [5.41, 5.74) is 1.62. The molecule has 1 fully saturated rings. The number of pyridine rings is 1. The lowest BCUT2D eigenvalue weighted by Gasteiger charge is -2.16. The van der Waals surface area contributed by atoms with Crippen LogP contribution in [0.5, 0.6) is 0 Å². The molecule has 25 heavy (non-hydrogen) atoms. The van der Waals surface area contributed by atoms with Crippen LogP contribution in [0, 0.1) is 0 Å². The molecule has 0 spiro atoms. The molecular weight excluding hydrogens is 380 g/mol. The highest BCUT2D eigenvalue weighted by molar-refractivity contribution is 7.91. The Kier molecular flexibility index (Phi) is 4.53. The molecule has 3 heterocycles. The molecule has 0 saturated heterocycles. The topological polar surface area (TPSA) is 76.9 Å². The van der Waals surface area contributed by atoms with Gasteiger partial charge in [0.05, 0.1) is 10.9 Å². The second-order valence-electron chi connectivity index (χ2n) is 6.07. The molecule has 0 unspecified atom stereocenters. The van der Waals surface area contributed by atoms with Crippen LogP contribution in [-0.2, 0) is 16.6 Å². The van der Waals surface area contributed by atoms with Gasteiger partial charge in [0.25, 0.3) is 10.0 Å². The lowest BCUT2D eigenvalue weighted by molar-refractivity contribution is 0.502. The average Bonchev–Trinajstić information content (AvgIpc) is 3.31. The summed E-state index contributed by atoms with van der Waals surface area (Å²) in [6, 6.07) is 7.17. The molecule has 0 radical (unpaired) electrons. The Hall–Kier alpha value is -1.48. The maximum Gasteiger partial charge on any atom is 0.250 e. The monoisotopic (exact) mass is 396 g/mol. The Morgan fingerprint density at radius 3 is 2.80 bits per heavy atom. The van der Waals surface area contributed by atoms with Gasteiger partial charge in [0, 0.05) is 12.2 Å². The van der Waals surface area contributed by atoms with E-state index >= 15 is 0 Å². The molecule has 1 aliphatic carbocycles. The zero-order valence-electron chi connectivity index (χ0n) is 13.4. The first-order chi connectivity index (χ1) is 12.0. The summed E-state index contributed by atoms with van der Waals surface area (Å²) in [6.45, 7) is 0.130. The van der Waals surface area contributed by atoms with Gasteiger partial charge < -0.3 is 4.57 Å². The Bertz CT molecular complexity index is 1010. The Balaban J connectivity index is 1.66. The maximum atomic E-state index is 12.5. The number of hydrogen-bond acceptors (Lipinski definition) is 5. The lowest BCUT2D eigenvalue weighted by Crippen LogP contribution is -2.25. The fourth-order valence-corrected chi connectivity index (χ4v) is 5.83. The summed E-state index contributed by atoms with van der Waals surface area (Å²) in [6.07, 6.45) is 6.24. The van der Waals surface area contributed by atoms with Crippen molar-refractivity contribution in [1.82, 2.24) is 19.3 Å². The van der Waals surface area contributed by atoms with Gasteiger partial charge in [-0.2, -0.15) is 0 Å². The fourth-order valence-electron chi connectivity index (χ4n) is 3.32. The number of nitrogens with zero attached hydrogens (tertiary/aromatic N) is 3. The van der Waals surface area contributed by atoms with Gasteiger partial charge in [-0.1, -0.05) is 24.4 Å². The molecule has 1 saturated carbocycles. The van der Waals surface area contributed by atoms with Crippen LogP contribution in [0.15, 0.2) is 34.7 Å². The number of nitrogens with one attached hydrogen (secondary N) is 1. The molecule has 0 atom stereocenters. The zero-order valence-corrected chi connectivity index (χ0v) is 15.7. The molecule has 3 aromatic rings. The van der Waals surface area contributed by atoms with Gasteiger partial charge in [0.1, 0.15) is 15.6 Å². The minimum atomic E-state index is -3.61. The largest absolute Gasteiger partial charge is 0.308 e. The predicted octanol–water partition coefficient (Wildman–Crippen LogP) is 3.74. The van der Waals surface area contributed by atoms with Crippen molar-refractivity contribution >= 4 is 44.1 Å². The van der Waals surface area contributed by atoms with E-state index in [0.29, 0.717) is 16.2 Å².